The van der Waals surface area contributed by atoms with Crippen LogP contribution in [0.2, 0.25) is 5.15 Å². The molecule has 0 fully saturated rings. The summed E-state index contributed by atoms with van der Waals surface area (Å²) < 4.78 is 5.01. The van der Waals surface area contributed by atoms with Gasteiger partial charge in [0.1, 0.15) is 11.0 Å². The predicted molar refractivity (Wildman–Crippen MR) is 104 cm³/mol. The smallest absolute Gasteiger partial charge is 0.232 e. The first-order chi connectivity index (χ1) is 12.2. The van der Waals surface area contributed by atoms with E-state index in [0.717, 1.165) is 25.3 Å². The van der Waals surface area contributed by atoms with E-state index in [-0.39, 0.29) is 0 Å². The number of halogens is 1. The molecule has 1 aliphatic heterocycles. The Kier molecular flexibility index (Phi) is 6.01. The van der Waals surface area contributed by atoms with Crippen molar-refractivity contribution in [2.24, 2.45) is 0 Å². The number of anilines is 2. The number of rotatable bonds is 6. The number of nitrogens with zero attached hydrogens (tertiary/aromatic N) is 3. The maximum atomic E-state index is 6.17. The van der Waals surface area contributed by atoms with E-state index in [9.17, 15) is 0 Å². The standard InChI is InChI=1S/C17H20ClN5OS/c1-24-8-4-7-19-17(25)22-16-20-14(18)9-15(21-16)23-10-12-5-2-3-6-13(12)11-23/h2-3,5-6,9H,4,7-8,10-11H2,1H3,(H2,19,20,21,22,25). The molecular formula is C17H20ClN5OS. The molecule has 3 rings (SSSR count). The van der Waals surface area contributed by atoms with Crippen LogP contribution in [-0.4, -0.2) is 35.3 Å². The lowest BCUT2D eigenvalue weighted by Gasteiger charge is -2.18. The fourth-order valence-electron chi connectivity index (χ4n) is 2.68. The second-order valence-corrected chi connectivity index (χ2v) is 6.52. The highest BCUT2D eigenvalue weighted by atomic mass is 35.5. The topological polar surface area (TPSA) is 62.3 Å². The molecular weight excluding hydrogens is 358 g/mol. The molecule has 1 aromatic heterocycles. The lowest BCUT2D eigenvalue weighted by molar-refractivity contribution is 0.196. The summed E-state index contributed by atoms with van der Waals surface area (Å²) in [5.74, 6) is 1.17. The number of hydrogen-bond donors (Lipinski definition) is 2. The Bertz CT molecular complexity index is 733. The minimum absolute atomic E-state index is 0.380. The van der Waals surface area contributed by atoms with Crippen molar-refractivity contribution in [3.63, 3.8) is 0 Å². The van der Waals surface area contributed by atoms with Crippen molar-refractivity contribution < 1.29 is 4.74 Å². The van der Waals surface area contributed by atoms with E-state index in [0.29, 0.717) is 29.4 Å². The molecule has 0 amide bonds. The van der Waals surface area contributed by atoms with Gasteiger partial charge in [-0.2, -0.15) is 4.98 Å². The normalized spacial score (nSPS) is 12.8. The van der Waals surface area contributed by atoms with Crippen molar-refractivity contribution in [2.45, 2.75) is 19.5 Å². The summed E-state index contributed by atoms with van der Waals surface area (Å²) >= 11 is 11.4. The van der Waals surface area contributed by atoms with Gasteiger partial charge in [0.25, 0.3) is 0 Å². The number of hydrogen-bond acceptors (Lipinski definition) is 5. The Labute approximate surface area is 157 Å². The molecule has 2 heterocycles. The summed E-state index contributed by atoms with van der Waals surface area (Å²) in [6.45, 7) is 3.02. The molecule has 2 aromatic rings. The van der Waals surface area contributed by atoms with Crippen LogP contribution in [-0.2, 0) is 17.8 Å². The molecule has 0 unspecified atom stereocenters. The number of aromatic nitrogens is 2. The minimum Gasteiger partial charge on any atom is -0.385 e. The molecule has 0 atom stereocenters. The van der Waals surface area contributed by atoms with E-state index in [1.54, 1.807) is 13.2 Å². The summed E-state index contributed by atoms with van der Waals surface area (Å²) in [6.07, 6.45) is 0.867. The van der Waals surface area contributed by atoms with Gasteiger partial charge in [0.2, 0.25) is 5.95 Å². The van der Waals surface area contributed by atoms with Crippen LogP contribution in [0.15, 0.2) is 30.3 Å². The lowest BCUT2D eigenvalue weighted by Crippen LogP contribution is -2.30. The van der Waals surface area contributed by atoms with Crippen LogP contribution in [0.5, 0.6) is 0 Å². The molecule has 1 aromatic carbocycles. The molecule has 1 aliphatic rings. The number of thiocarbonyl (C=S) groups is 1. The van der Waals surface area contributed by atoms with Gasteiger partial charge in [0.15, 0.2) is 5.11 Å². The molecule has 0 bridgehead atoms. The van der Waals surface area contributed by atoms with Gasteiger partial charge in [-0.05, 0) is 29.8 Å². The second kappa shape index (κ2) is 8.42. The van der Waals surface area contributed by atoms with E-state index >= 15 is 0 Å². The highest BCUT2D eigenvalue weighted by molar-refractivity contribution is 7.80. The van der Waals surface area contributed by atoms with Gasteiger partial charge in [0.05, 0.1) is 0 Å². The van der Waals surface area contributed by atoms with Crippen molar-refractivity contribution in [1.29, 1.82) is 0 Å². The minimum atomic E-state index is 0.380. The molecule has 25 heavy (non-hydrogen) atoms. The van der Waals surface area contributed by atoms with Gasteiger partial charge >= 0.3 is 0 Å². The third-order valence-electron chi connectivity index (χ3n) is 3.88. The zero-order valence-corrected chi connectivity index (χ0v) is 15.5. The molecule has 0 saturated carbocycles. The first kappa shape index (κ1) is 17.8. The number of benzene rings is 1. The summed E-state index contributed by atoms with van der Waals surface area (Å²) in [6, 6.07) is 10.1. The Hall–Kier alpha value is -1.96. The van der Waals surface area contributed by atoms with E-state index in [4.69, 9.17) is 28.6 Å². The molecule has 0 aliphatic carbocycles. The molecule has 0 radical (unpaired) electrons. The molecule has 0 spiro atoms. The van der Waals surface area contributed by atoms with Crippen LogP contribution in [0.1, 0.15) is 17.5 Å². The van der Waals surface area contributed by atoms with Crippen LogP contribution < -0.4 is 15.5 Å². The average Bonchev–Trinajstić information content (AvgIpc) is 3.02. The largest absolute Gasteiger partial charge is 0.385 e. The maximum Gasteiger partial charge on any atom is 0.232 e. The number of ether oxygens (including phenoxy) is 1. The number of methoxy groups -OCH3 is 1. The van der Waals surface area contributed by atoms with Gasteiger partial charge in [-0.15, -0.1) is 0 Å². The fourth-order valence-corrected chi connectivity index (χ4v) is 3.05. The van der Waals surface area contributed by atoms with Gasteiger partial charge in [-0.25, -0.2) is 4.98 Å². The quantitative estimate of drug-likeness (QED) is 0.456. The zero-order valence-electron chi connectivity index (χ0n) is 14.0. The van der Waals surface area contributed by atoms with Gasteiger partial charge in [-0.3, -0.25) is 0 Å². The average molecular weight is 378 g/mol. The van der Waals surface area contributed by atoms with E-state index < -0.39 is 0 Å². The molecule has 0 saturated heterocycles. The third-order valence-corrected chi connectivity index (χ3v) is 4.32. The fraction of sp³-hybridized carbons (Fsp3) is 0.353. The summed E-state index contributed by atoms with van der Waals surface area (Å²) in [7, 11) is 1.68. The summed E-state index contributed by atoms with van der Waals surface area (Å²) in [5, 5.41) is 6.93. The van der Waals surface area contributed by atoms with Crippen molar-refractivity contribution in [3.05, 3.63) is 46.6 Å². The van der Waals surface area contributed by atoms with Crippen molar-refractivity contribution in [2.75, 3.05) is 30.5 Å². The summed E-state index contributed by atoms with van der Waals surface area (Å²) in [4.78, 5) is 10.9. The van der Waals surface area contributed by atoms with E-state index in [2.05, 4.69) is 49.8 Å². The monoisotopic (exact) mass is 377 g/mol. The van der Waals surface area contributed by atoms with E-state index in [1.807, 2.05) is 0 Å². The Balaban J connectivity index is 1.64. The van der Waals surface area contributed by atoms with Crippen LogP contribution in [0.3, 0.4) is 0 Å². The van der Waals surface area contributed by atoms with Gasteiger partial charge < -0.3 is 20.3 Å². The Morgan fingerprint density at radius 2 is 2.00 bits per heavy atom. The van der Waals surface area contributed by atoms with Crippen LogP contribution in [0.25, 0.3) is 0 Å². The third kappa shape index (κ3) is 4.78. The highest BCUT2D eigenvalue weighted by Crippen LogP contribution is 2.28. The molecule has 132 valence electrons. The van der Waals surface area contributed by atoms with Crippen molar-refractivity contribution >= 4 is 40.7 Å². The van der Waals surface area contributed by atoms with Gasteiger partial charge in [0, 0.05) is 39.4 Å². The van der Waals surface area contributed by atoms with Crippen LogP contribution in [0.4, 0.5) is 11.8 Å². The van der Waals surface area contributed by atoms with Crippen molar-refractivity contribution in [1.82, 2.24) is 15.3 Å². The summed E-state index contributed by atoms with van der Waals surface area (Å²) in [5.41, 5.74) is 2.61. The van der Waals surface area contributed by atoms with Crippen LogP contribution >= 0.6 is 23.8 Å². The van der Waals surface area contributed by atoms with Crippen LogP contribution in [0, 0.1) is 0 Å². The zero-order chi connectivity index (χ0) is 17.6. The maximum absolute atomic E-state index is 6.17. The lowest BCUT2D eigenvalue weighted by atomic mass is 10.1. The predicted octanol–water partition coefficient (Wildman–Crippen LogP) is 2.97. The number of nitrogens with one attached hydrogen (secondary N) is 2. The first-order valence-corrected chi connectivity index (χ1v) is 8.84. The second-order valence-electron chi connectivity index (χ2n) is 5.72. The van der Waals surface area contributed by atoms with Crippen molar-refractivity contribution in [3.8, 4) is 0 Å². The van der Waals surface area contributed by atoms with E-state index in [1.165, 1.54) is 11.1 Å². The molecule has 8 heteroatoms. The first-order valence-electron chi connectivity index (χ1n) is 8.06. The Morgan fingerprint density at radius 3 is 2.68 bits per heavy atom. The molecule has 2 N–H and O–H groups in total. The molecule has 6 nitrogen and oxygen atoms in total. The number of fused-ring (bicyclic) bond motifs is 1. The SMILES string of the molecule is COCCCNC(=S)Nc1nc(Cl)cc(N2Cc3ccccc3C2)n1. The Morgan fingerprint density at radius 1 is 1.28 bits per heavy atom. The highest BCUT2D eigenvalue weighted by Gasteiger charge is 2.20. The van der Waals surface area contributed by atoms with Gasteiger partial charge in [-0.1, -0.05) is 35.9 Å².